The largest absolute Gasteiger partial charge is 0.489 e. The van der Waals surface area contributed by atoms with Crippen LogP contribution in [-0.4, -0.2) is 20.3 Å². The van der Waals surface area contributed by atoms with Gasteiger partial charge in [-0.1, -0.05) is 30.3 Å². The molecule has 2 rings (SSSR count). The molecule has 0 aliphatic rings. The Morgan fingerprint density at radius 3 is 2.83 bits per heavy atom. The van der Waals surface area contributed by atoms with Crippen molar-refractivity contribution in [2.75, 3.05) is 20.3 Å². The summed E-state index contributed by atoms with van der Waals surface area (Å²) in [5, 5.41) is 12.5. The van der Waals surface area contributed by atoms with Crippen LogP contribution in [0.15, 0.2) is 48.5 Å². The monoisotopic (exact) mass is 310 g/mol. The molecule has 4 heteroatoms. The normalized spacial score (nSPS) is 10.3. The van der Waals surface area contributed by atoms with Gasteiger partial charge in [-0.3, -0.25) is 0 Å². The van der Waals surface area contributed by atoms with E-state index in [0.717, 1.165) is 37.4 Å². The van der Waals surface area contributed by atoms with Crippen LogP contribution in [-0.2, 0) is 17.9 Å². The maximum atomic E-state index is 9.10. The first-order chi connectivity index (χ1) is 11.3. The Labute approximate surface area is 137 Å². The van der Waals surface area contributed by atoms with E-state index in [4.69, 9.17) is 14.7 Å². The molecule has 0 radical (unpaired) electrons. The zero-order chi connectivity index (χ0) is 16.3. The number of ether oxygens (including phenoxy) is 2. The average molecular weight is 310 g/mol. The molecule has 23 heavy (non-hydrogen) atoms. The van der Waals surface area contributed by atoms with E-state index in [1.165, 1.54) is 5.56 Å². The molecule has 0 spiro atoms. The first-order valence-corrected chi connectivity index (χ1v) is 7.73. The highest BCUT2D eigenvalue weighted by atomic mass is 16.5. The average Bonchev–Trinajstić information content (AvgIpc) is 2.60. The van der Waals surface area contributed by atoms with Crippen molar-refractivity contribution in [3.05, 3.63) is 65.2 Å². The molecule has 0 bridgehead atoms. The van der Waals surface area contributed by atoms with Crippen LogP contribution in [0.4, 0.5) is 0 Å². The van der Waals surface area contributed by atoms with Crippen LogP contribution >= 0.6 is 0 Å². The van der Waals surface area contributed by atoms with Crippen LogP contribution < -0.4 is 10.1 Å². The Balaban J connectivity index is 1.86. The topological polar surface area (TPSA) is 54.3 Å². The zero-order valence-corrected chi connectivity index (χ0v) is 13.4. The molecular weight excluding hydrogens is 288 g/mol. The van der Waals surface area contributed by atoms with Gasteiger partial charge in [-0.2, -0.15) is 5.26 Å². The van der Waals surface area contributed by atoms with Crippen LogP contribution in [0.25, 0.3) is 0 Å². The van der Waals surface area contributed by atoms with Gasteiger partial charge < -0.3 is 14.8 Å². The van der Waals surface area contributed by atoms with E-state index >= 15 is 0 Å². The summed E-state index contributed by atoms with van der Waals surface area (Å²) in [4.78, 5) is 0. The molecule has 0 saturated carbocycles. The fraction of sp³-hybridized carbons (Fsp3) is 0.316. The van der Waals surface area contributed by atoms with Crippen molar-refractivity contribution in [2.24, 2.45) is 0 Å². The second-order valence-electron chi connectivity index (χ2n) is 5.23. The highest BCUT2D eigenvalue weighted by Gasteiger charge is 2.02. The van der Waals surface area contributed by atoms with Gasteiger partial charge in [-0.15, -0.1) is 0 Å². The van der Waals surface area contributed by atoms with E-state index in [-0.39, 0.29) is 0 Å². The summed E-state index contributed by atoms with van der Waals surface area (Å²) in [5.41, 5.74) is 2.73. The summed E-state index contributed by atoms with van der Waals surface area (Å²) in [7, 11) is 1.71. The van der Waals surface area contributed by atoms with Crippen molar-refractivity contribution in [3.63, 3.8) is 0 Å². The molecule has 2 aromatic carbocycles. The number of nitriles is 1. The first-order valence-electron chi connectivity index (χ1n) is 7.73. The van der Waals surface area contributed by atoms with Crippen LogP contribution in [0.3, 0.4) is 0 Å². The van der Waals surface area contributed by atoms with Crippen LogP contribution in [0.2, 0.25) is 0 Å². The lowest BCUT2D eigenvalue weighted by atomic mass is 10.1. The van der Waals surface area contributed by atoms with Gasteiger partial charge in [-0.25, -0.2) is 0 Å². The minimum Gasteiger partial charge on any atom is -0.489 e. The van der Waals surface area contributed by atoms with Gasteiger partial charge >= 0.3 is 0 Å². The second-order valence-corrected chi connectivity index (χ2v) is 5.23. The number of hydrogen-bond acceptors (Lipinski definition) is 4. The SMILES string of the molecule is COCCCNCc1cccc(OCc2ccccc2C#N)c1. The molecule has 0 aliphatic carbocycles. The second kappa shape index (κ2) is 9.62. The smallest absolute Gasteiger partial charge is 0.120 e. The van der Waals surface area contributed by atoms with Crippen molar-refractivity contribution in [1.29, 1.82) is 5.26 Å². The van der Waals surface area contributed by atoms with Crippen molar-refractivity contribution in [1.82, 2.24) is 5.32 Å². The number of benzene rings is 2. The summed E-state index contributed by atoms with van der Waals surface area (Å²) in [5.74, 6) is 0.814. The van der Waals surface area contributed by atoms with Crippen LogP contribution in [0.5, 0.6) is 5.75 Å². The molecule has 120 valence electrons. The van der Waals surface area contributed by atoms with E-state index in [1.54, 1.807) is 13.2 Å². The third-order valence-corrected chi connectivity index (χ3v) is 3.46. The molecule has 0 unspecified atom stereocenters. The molecule has 0 atom stereocenters. The Bertz CT molecular complexity index is 650. The van der Waals surface area contributed by atoms with E-state index in [9.17, 15) is 0 Å². The summed E-state index contributed by atoms with van der Waals surface area (Å²) in [6.45, 7) is 2.90. The van der Waals surface area contributed by atoms with Crippen molar-refractivity contribution >= 4 is 0 Å². The molecule has 0 heterocycles. The minimum atomic E-state index is 0.397. The van der Waals surface area contributed by atoms with Crippen molar-refractivity contribution in [3.8, 4) is 11.8 Å². The van der Waals surface area contributed by atoms with Gasteiger partial charge in [-0.05, 0) is 36.7 Å². The molecule has 0 aliphatic heterocycles. The van der Waals surface area contributed by atoms with Crippen LogP contribution in [0.1, 0.15) is 23.1 Å². The Morgan fingerprint density at radius 1 is 1.13 bits per heavy atom. The van der Waals surface area contributed by atoms with Crippen molar-refractivity contribution in [2.45, 2.75) is 19.6 Å². The number of methoxy groups -OCH3 is 1. The maximum absolute atomic E-state index is 9.10. The Hall–Kier alpha value is -2.35. The van der Waals surface area contributed by atoms with E-state index in [0.29, 0.717) is 12.2 Å². The number of nitrogens with one attached hydrogen (secondary N) is 1. The number of hydrogen-bond donors (Lipinski definition) is 1. The van der Waals surface area contributed by atoms with Gasteiger partial charge in [0.2, 0.25) is 0 Å². The number of rotatable bonds is 9. The summed E-state index contributed by atoms with van der Waals surface area (Å²) >= 11 is 0. The first kappa shape index (κ1) is 17.0. The summed E-state index contributed by atoms with van der Waals surface area (Å²) in [6, 6.07) is 17.7. The predicted octanol–water partition coefficient (Wildman–Crippen LogP) is 3.26. The molecule has 0 aromatic heterocycles. The lowest BCUT2D eigenvalue weighted by molar-refractivity contribution is 0.194. The zero-order valence-electron chi connectivity index (χ0n) is 13.4. The van der Waals surface area contributed by atoms with Crippen molar-refractivity contribution < 1.29 is 9.47 Å². The highest BCUT2D eigenvalue weighted by molar-refractivity contribution is 5.37. The number of nitrogens with zero attached hydrogens (tertiary/aromatic N) is 1. The maximum Gasteiger partial charge on any atom is 0.120 e. The van der Waals surface area contributed by atoms with Crippen LogP contribution in [0, 0.1) is 11.3 Å². The Morgan fingerprint density at radius 2 is 2.00 bits per heavy atom. The fourth-order valence-corrected chi connectivity index (χ4v) is 2.24. The lowest BCUT2D eigenvalue weighted by Crippen LogP contribution is -2.16. The third-order valence-electron chi connectivity index (χ3n) is 3.46. The molecular formula is C19H22N2O2. The van der Waals surface area contributed by atoms with Gasteiger partial charge in [0.15, 0.2) is 0 Å². The summed E-state index contributed by atoms with van der Waals surface area (Å²) < 4.78 is 10.8. The van der Waals surface area contributed by atoms with E-state index in [1.807, 2.05) is 36.4 Å². The fourth-order valence-electron chi connectivity index (χ4n) is 2.24. The van der Waals surface area contributed by atoms with E-state index < -0.39 is 0 Å². The molecule has 1 N–H and O–H groups in total. The van der Waals surface area contributed by atoms with Gasteiger partial charge in [0.05, 0.1) is 11.6 Å². The summed E-state index contributed by atoms with van der Waals surface area (Å²) in [6.07, 6.45) is 0.998. The molecule has 2 aromatic rings. The Kier molecular flexibility index (Phi) is 7.12. The van der Waals surface area contributed by atoms with Gasteiger partial charge in [0.25, 0.3) is 0 Å². The minimum absolute atomic E-state index is 0.397. The molecule has 0 fully saturated rings. The van der Waals surface area contributed by atoms with Gasteiger partial charge in [0, 0.05) is 25.8 Å². The third kappa shape index (κ3) is 5.74. The van der Waals surface area contributed by atoms with Gasteiger partial charge in [0.1, 0.15) is 12.4 Å². The standard InChI is InChI=1S/C19H22N2O2/c1-22-11-5-10-21-14-16-6-4-9-19(12-16)23-15-18-8-3-2-7-17(18)13-20/h2-4,6-9,12,21H,5,10-11,14-15H2,1H3. The van der Waals surface area contributed by atoms with E-state index in [2.05, 4.69) is 17.5 Å². The molecule has 0 amide bonds. The molecule has 0 saturated heterocycles. The quantitative estimate of drug-likeness (QED) is 0.722. The molecule has 4 nitrogen and oxygen atoms in total. The lowest BCUT2D eigenvalue weighted by Gasteiger charge is -2.10. The predicted molar refractivity (Wildman–Crippen MR) is 90.1 cm³/mol. The highest BCUT2D eigenvalue weighted by Crippen LogP contribution is 2.16.